The Balaban J connectivity index is 2.03. The van der Waals surface area contributed by atoms with Gasteiger partial charge in [0.2, 0.25) is 0 Å². The van der Waals surface area contributed by atoms with E-state index in [1.54, 1.807) is 12.1 Å². The number of carbonyl (C=O) groups is 1. The zero-order valence-electron chi connectivity index (χ0n) is 12.0. The van der Waals surface area contributed by atoms with Crippen LogP contribution < -0.4 is 10.1 Å². The van der Waals surface area contributed by atoms with Crippen molar-refractivity contribution in [3.63, 3.8) is 0 Å². The molecule has 1 N–H and O–H groups in total. The van der Waals surface area contributed by atoms with Crippen LogP contribution in [0.2, 0.25) is 10.0 Å². The number of amides is 1. The first-order chi connectivity index (χ1) is 10.4. The lowest BCUT2D eigenvalue weighted by molar-refractivity contribution is -0.118. The van der Waals surface area contributed by atoms with Gasteiger partial charge in [-0.05, 0) is 59.1 Å². The molecule has 0 aliphatic heterocycles. The van der Waals surface area contributed by atoms with Crippen molar-refractivity contribution in [2.75, 3.05) is 11.9 Å². The molecule has 0 spiro atoms. The molecule has 0 bridgehead atoms. The highest BCUT2D eigenvalue weighted by molar-refractivity contribution is 9.10. The Hall–Kier alpha value is -1.23. The molecular weight excluding hydrogens is 389 g/mol. The zero-order valence-corrected chi connectivity index (χ0v) is 15.1. The van der Waals surface area contributed by atoms with E-state index in [1.807, 2.05) is 32.0 Å². The number of ether oxygens (including phenoxy) is 1. The Kier molecular flexibility index (Phi) is 5.73. The SMILES string of the molecule is Cc1cccc(NC(=O)COc2c(Cl)cc(Cl)cc2Br)c1C. The van der Waals surface area contributed by atoms with Gasteiger partial charge in [-0.25, -0.2) is 0 Å². The van der Waals surface area contributed by atoms with Gasteiger partial charge >= 0.3 is 0 Å². The molecule has 116 valence electrons. The van der Waals surface area contributed by atoms with Crippen LogP contribution in [0.4, 0.5) is 5.69 Å². The largest absolute Gasteiger partial charge is 0.481 e. The number of aryl methyl sites for hydroxylation is 1. The Morgan fingerprint density at radius 3 is 2.68 bits per heavy atom. The summed E-state index contributed by atoms with van der Waals surface area (Å²) in [5, 5.41) is 3.66. The molecule has 0 aromatic heterocycles. The lowest BCUT2D eigenvalue weighted by Gasteiger charge is -2.12. The van der Waals surface area contributed by atoms with Crippen LogP contribution >= 0.6 is 39.1 Å². The second-order valence-corrected chi connectivity index (χ2v) is 6.48. The van der Waals surface area contributed by atoms with E-state index in [0.717, 1.165) is 16.8 Å². The fourth-order valence-electron chi connectivity index (χ4n) is 1.88. The van der Waals surface area contributed by atoms with Crippen molar-refractivity contribution in [2.45, 2.75) is 13.8 Å². The van der Waals surface area contributed by atoms with Crippen LogP contribution in [0.1, 0.15) is 11.1 Å². The van der Waals surface area contributed by atoms with Crippen LogP contribution in [0.25, 0.3) is 0 Å². The van der Waals surface area contributed by atoms with Crippen LogP contribution in [-0.4, -0.2) is 12.5 Å². The summed E-state index contributed by atoms with van der Waals surface area (Å²) < 4.78 is 6.08. The maximum atomic E-state index is 12.0. The molecule has 0 aliphatic rings. The average Bonchev–Trinajstić information content (AvgIpc) is 2.42. The highest BCUT2D eigenvalue weighted by Gasteiger charge is 2.12. The number of hydrogen-bond donors (Lipinski definition) is 1. The van der Waals surface area contributed by atoms with Gasteiger partial charge in [-0.3, -0.25) is 4.79 Å². The van der Waals surface area contributed by atoms with Gasteiger partial charge in [-0.2, -0.15) is 0 Å². The minimum absolute atomic E-state index is 0.146. The third-order valence-electron chi connectivity index (χ3n) is 3.19. The van der Waals surface area contributed by atoms with Crippen LogP contribution in [0, 0.1) is 13.8 Å². The molecular formula is C16H14BrCl2NO2. The topological polar surface area (TPSA) is 38.3 Å². The minimum atomic E-state index is -0.258. The maximum absolute atomic E-state index is 12.0. The Morgan fingerprint density at radius 2 is 2.00 bits per heavy atom. The number of anilines is 1. The fourth-order valence-corrected chi connectivity index (χ4v) is 3.25. The number of hydrogen-bond acceptors (Lipinski definition) is 2. The molecule has 0 unspecified atom stereocenters. The van der Waals surface area contributed by atoms with Gasteiger partial charge in [-0.1, -0.05) is 35.3 Å². The quantitative estimate of drug-likeness (QED) is 0.744. The third kappa shape index (κ3) is 4.15. The third-order valence-corrected chi connectivity index (χ3v) is 4.28. The summed E-state index contributed by atoms with van der Waals surface area (Å²) in [6.45, 7) is 3.80. The molecule has 6 heteroatoms. The molecule has 0 fully saturated rings. The summed E-state index contributed by atoms with van der Waals surface area (Å²) in [4.78, 5) is 12.0. The summed E-state index contributed by atoms with van der Waals surface area (Å²) in [5.41, 5.74) is 2.92. The van der Waals surface area contributed by atoms with Crippen molar-refractivity contribution in [3.05, 3.63) is 56.0 Å². The van der Waals surface area contributed by atoms with Crippen LogP contribution in [0.3, 0.4) is 0 Å². The van der Waals surface area contributed by atoms with Crippen molar-refractivity contribution in [3.8, 4) is 5.75 Å². The zero-order chi connectivity index (χ0) is 16.3. The number of halogens is 3. The van der Waals surface area contributed by atoms with Crippen molar-refractivity contribution in [1.29, 1.82) is 0 Å². The van der Waals surface area contributed by atoms with Crippen molar-refractivity contribution < 1.29 is 9.53 Å². The average molecular weight is 403 g/mol. The molecule has 0 saturated heterocycles. The van der Waals surface area contributed by atoms with Gasteiger partial charge in [0.1, 0.15) is 0 Å². The van der Waals surface area contributed by atoms with Crippen LogP contribution in [-0.2, 0) is 4.79 Å². The molecule has 0 heterocycles. The standard InChI is InChI=1S/C16H14BrCl2NO2/c1-9-4-3-5-14(10(9)2)20-15(21)8-22-16-12(17)6-11(18)7-13(16)19/h3-7H,8H2,1-2H3,(H,20,21). The van der Waals surface area contributed by atoms with E-state index >= 15 is 0 Å². The first-order valence-corrected chi connectivity index (χ1v) is 8.07. The predicted molar refractivity (Wildman–Crippen MR) is 94.2 cm³/mol. The summed E-state index contributed by atoms with van der Waals surface area (Å²) in [7, 11) is 0. The normalized spacial score (nSPS) is 10.4. The van der Waals surface area contributed by atoms with Crippen molar-refractivity contribution in [2.24, 2.45) is 0 Å². The number of benzene rings is 2. The van der Waals surface area contributed by atoms with E-state index in [2.05, 4.69) is 21.2 Å². The molecule has 2 rings (SSSR count). The number of nitrogens with one attached hydrogen (secondary N) is 1. The van der Waals surface area contributed by atoms with Crippen LogP contribution in [0.5, 0.6) is 5.75 Å². The van der Waals surface area contributed by atoms with Crippen LogP contribution in [0.15, 0.2) is 34.8 Å². The second kappa shape index (κ2) is 7.36. The van der Waals surface area contributed by atoms with Gasteiger partial charge in [0.15, 0.2) is 12.4 Å². The molecule has 0 radical (unpaired) electrons. The highest BCUT2D eigenvalue weighted by Crippen LogP contribution is 2.36. The fraction of sp³-hybridized carbons (Fsp3) is 0.188. The Morgan fingerprint density at radius 1 is 1.27 bits per heavy atom. The number of carbonyl (C=O) groups excluding carboxylic acids is 1. The maximum Gasteiger partial charge on any atom is 0.262 e. The van der Waals surface area contributed by atoms with Crippen molar-refractivity contribution in [1.82, 2.24) is 0 Å². The summed E-state index contributed by atoms with van der Waals surface area (Å²) in [6.07, 6.45) is 0. The van der Waals surface area contributed by atoms with E-state index in [0.29, 0.717) is 20.3 Å². The molecule has 22 heavy (non-hydrogen) atoms. The monoisotopic (exact) mass is 401 g/mol. The smallest absolute Gasteiger partial charge is 0.262 e. The molecule has 3 nitrogen and oxygen atoms in total. The molecule has 0 aliphatic carbocycles. The lowest BCUT2D eigenvalue weighted by atomic mass is 10.1. The van der Waals surface area contributed by atoms with Gasteiger partial charge < -0.3 is 10.1 Å². The van der Waals surface area contributed by atoms with E-state index < -0.39 is 0 Å². The van der Waals surface area contributed by atoms with Gasteiger partial charge in [0.05, 0.1) is 9.50 Å². The first kappa shape index (κ1) is 17.1. The Bertz CT molecular complexity index is 696. The molecule has 0 saturated carbocycles. The minimum Gasteiger partial charge on any atom is -0.481 e. The molecule has 1 amide bonds. The lowest BCUT2D eigenvalue weighted by Crippen LogP contribution is -2.21. The first-order valence-electron chi connectivity index (χ1n) is 6.52. The molecule has 0 atom stereocenters. The summed E-state index contributed by atoms with van der Waals surface area (Å²) in [6, 6.07) is 8.96. The molecule has 2 aromatic rings. The van der Waals surface area contributed by atoms with E-state index in [4.69, 9.17) is 27.9 Å². The van der Waals surface area contributed by atoms with Gasteiger partial charge in [0, 0.05) is 10.7 Å². The Labute approximate surface area is 147 Å². The van der Waals surface area contributed by atoms with Gasteiger partial charge in [0.25, 0.3) is 5.91 Å². The molecule has 2 aromatic carbocycles. The van der Waals surface area contributed by atoms with E-state index in [9.17, 15) is 4.79 Å². The summed E-state index contributed by atoms with van der Waals surface area (Å²) >= 11 is 15.2. The second-order valence-electron chi connectivity index (χ2n) is 4.78. The van der Waals surface area contributed by atoms with E-state index in [1.165, 1.54) is 0 Å². The predicted octanol–water partition coefficient (Wildman–Crippen LogP) is 5.39. The highest BCUT2D eigenvalue weighted by atomic mass is 79.9. The van der Waals surface area contributed by atoms with E-state index in [-0.39, 0.29) is 12.5 Å². The summed E-state index contributed by atoms with van der Waals surface area (Å²) in [5.74, 6) is 0.133. The van der Waals surface area contributed by atoms with Crippen molar-refractivity contribution >= 4 is 50.7 Å². The van der Waals surface area contributed by atoms with Gasteiger partial charge in [-0.15, -0.1) is 0 Å². The number of rotatable bonds is 4.